The average molecular weight is 207 g/mol. The maximum absolute atomic E-state index is 9.15. The Kier molecular flexibility index (Phi) is 3.23. The summed E-state index contributed by atoms with van der Waals surface area (Å²) in [6.07, 6.45) is 1.09. The third-order valence-corrected chi connectivity index (χ3v) is 2.97. The van der Waals surface area contributed by atoms with E-state index in [1.54, 1.807) is 12.1 Å². The second-order valence-corrected chi connectivity index (χ2v) is 4.24. The summed E-state index contributed by atoms with van der Waals surface area (Å²) in [6.45, 7) is 3.26. The molecule has 0 bridgehead atoms. The van der Waals surface area contributed by atoms with Crippen molar-refractivity contribution in [2.75, 3.05) is 19.7 Å². The maximum Gasteiger partial charge on any atom is 0.115 e. The van der Waals surface area contributed by atoms with Gasteiger partial charge in [0.15, 0.2) is 0 Å². The first kappa shape index (κ1) is 10.5. The summed E-state index contributed by atoms with van der Waals surface area (Å²) in [4.78, 5) is 2.34. The van der Waals surface area contributed by atoms with Gasteiger partial charge in [-0.15, -0.1) is 0 Å². The van der Waals surface area contributed by atoms with E-state index in [9.17, 15) is 0 Å². The number of phenols is 1. The van der Waals surface area contributed by atoms with Crippen molar-refractivity contribution < 1.29 is 10.2 Å². The normalized spacial score (nSPS) is 22.1. The first-order valence-electron chi connectivity index (χ1n) is 5.39. The van der Waals surface area contributed by atoms with Gasteiger partial charge in [0, 0.05) is 19.7 Å². The molecule has 1 fully saturated rings. The summed E-state index contributed by atoms with van der Waals surface area (Å²) in [5.41, 5.74) is 1.21. The van der Waals surface area contributed by atoms with E-state index >= 15 is 0 Å². The summed E-state index contributed by atoms with van der Waals surface area (Å²) in [5.74, 6) is 0.760. The van der Waals surface area contributed by atoms with Crippen molar-refractivity contribution in [2.24, 2.45) is 5.92 Å². The molecule has 3 nitrogen and oxygen atoms in total. The van der Waals surface area contributed by atoms with E-state index < -0.39 is 0 Å². The fourth-order valence-electron chi connectivity index (χ4n) is 2.07. The average Bonchev–Trinajstić information content (AvgIpc) is 2.69. The van der Waals surface area contributed by atoms with Crippen molar-refractivity contribution in [1.82, 2.24) is 4.90 Å². The summed E-state index contributed by atoms with van der Waals surface area (Å²) >= 11 is 0. The lowest BCUT2D eigenvalue weighted by molar-refractivity contribution is 0.220. The standard InChI is InChI=1S/C12H17NO2/c14-9-11-5-6-13(8-11)7-10-1-3-12(15)4-2-10/h1-4,11,14-15H,5-9H2. The lowest BCUT2D eigenvalue weighted by Gasteiger charge is -2.15. The Balaban J connectivity index is 1.90. The highest BCUT2D eigenvalue weighted by Crippen LogP contribution is 2.19. The molecule has 15 heavy (non-hydrogen) atoms. The Hall–Kier alpha value is -1.06. The number of aliphatic hydroxyl groups excluding tert-OH is 1. The molecule has 1 aromatic carbocycles. The molecule has 0 aromatic heterocycles. The van der Waals surface area contributed by atoms with Gasteiger partial charge < -0.3 is 10.2 Å². The zero-order chi connectivity index (χ0) is 10.7. The molecule has 0 spiro atoms. The van der Waals surface area contributed by atoms with Crippen LogP contribution in [0, 0.1) is 5.92 Å². The highest BCUT2D eigenvalue weighted by atomic mass is 16.3. The van der Waals surface area contributed by atoms with Gasteiger partial charge in [0.05, 0.1) is 0 Å². The smallest absolute Gasteiger partial charge is 0.115 e. The topological polar surface area (TPSA) is 43.7 Å². The Morgan fingerprint density at radius 2 is 2.00 bits per heavy atom. The fourth-order valence-corrected chi connectivity index (χ4v) is 2.07. The molecule has 1 atom stereocenters. The Labute approximate surface area is 90.0 Å². The van der Waals surface area contributed by atoms with Crippen LogP contribution in [-0.2, 0) is 6.54 Å². The number of likely N-dealkylation sites (tertiary alicyclic amines) is 1. The number of aliphatic hydroxyl groups is 1. The molecule has 1 aliphatic rings. The molecule has 82 valence electrons. The Morgan fingerprint density at radius 1 is 1.27 bits per heavy atom. The van der Waals surface area contributed by atoms with Crippen LogP contribution in [0.4, 0.5) is 0 Å². The zero-order valence-corrected chi connectivity index (χ0v) is 8.76. The highest BCUT2D eigenvalue weighted by molar-refractivity contribution is 5.25. The van der Waals surface area contributed by atoms with Crippen LogP contribution < -0.4 is 0 Å². The molecule has 3 heteroatoms. The van der Waals surface area contributed by atoms with Gasteiger partial charge in [0.25, 0.3) is 0 Å². The van der Waals surface area contributed by atoms with Crippen LogP contribution in [-0.4, -0.2) is 34.8 Å². The van der Waals surface area contributed by atoms with E-state index in [1.165, 1.54) is 5.56 Å². The molecule has 0 aliphatic carbocycles. The largest absolute Gasteiger partial charge is 0.508 e. The molecule has 1 aromatic rings. The summed E-state index contributed by atoms with van der Waals surface area (Å²) in [5, 5.41) is 18.2. The minimum atomic E-state index is 0.298. The van der Waals surface area contributed by atoms with Crippen molar-refractivity contribution in [3.63, 3.8) is 0 Å². The first-order valence-corrected chi connectivity index (χ1v) is 5.39. The van der Waals surface area contributed by atoms with Crippen molar-refractivity contribution >= 4 is 0 Å². The number of benzene rings is 1. The summed E-state index contributed by atoms with van der Waals surface area (Å²) in [7, 11) is 0. The van der Waals surface area contributed by atoms with E-state index in [0.29, 0.717) is 18.3 Å². The van der Waals surface area contributed by atoms with E-state index in [1.807, 2.05) is 12.1 Å². The van der Waals surface area contributed by atoms with Crippen molar-refractivity contribution in [1.29, 1.82) is 0 Å². The molecule has 1 aliphatic heterocycles. The van der Waals surface area contributed by atoms with Crippen LogP contribution in [0.2, 0.25) is 0 Å². The molecular formula is C12H17NO2. The number of phenolic OH excluding ortho intramolecular Hbond substituents is 1. The van der Waals surface area contributed by atoms with Gasteiger partial charge in [0.1, 0.15) is 5.75 Å². The van der Waals surface area contributed by atoms with Crippen LogP contribution in [0.5, 0.6) is 5.75 Å². The van der Waals surface area contributed by atoms with Gasteiger partial charge in [-0.25, -0.2) is 0 Å². The van der Waals surface area contributed by atoms with Crippen LogP contribution in [0.1, 0.15) is 12.0 Å². The Morgan fingerprint density at radius 3 is 2.60 bits per heavy atom. The third kappa shape index (κ3) is 2.70. The maximum atomic E-state index is 9.15. The molecule has 0 radical (unpaired) electrons. The number of hydrogen-bond acceptors (Lipinski definition) is 3. The first-order chi connectivity index (χ1) is 7.28. The molecule has 1 heterocycles. The third-order valence-electron chi connectivity index (χ3n) is 2.97. The van der Waals surface area contributed by atoms with Crippen LogP contribution in [0.25, 0.3) is 0 Å². The molecule has 2 rings (SSSR count). The minimum Gasteiger partial charge on any atom is -0.508 e. The van der Waals surface area contributed by atoms with E-state index in [2.05, 4.69) is 4.90 Å². The monoisotopic (exact) mass is 207 g/mol. The quantitative estimate of drug-likeness (QED) is 0.783. The summed E-state index contributed by atoms with van der Waals surface area (Å²) in [6, 6.07) is 7.33. The van der Waals surface area contributed by atoms with Gasteiger partial charge >= 0.3 is 0 Å². The van der Waals surface area contributed by atoms with Gasteiger partial charge in [-0.3, -0.25) is 4.90 Å². The molecule has 0 amide bonds. The molecular weight excluding hydrogens is 190 g/mol. The number of nitrogens with zero attached hydrogens (tertiary/aromatic N) is 1. The van der Waals surface area contributed by atoms with Gasteiger partial charge in [-0.05, 0) is 36.6 Å². The zero-order valence-electron chi connectivity index (χ0n) is 8.76. The molecule has 1 unspecified atom stereocenters. The fraction of sp³-hybridized carbons (Fsp3) is 0.500. The number of rotatable bonds is 3. The Bertz CT molecular complexity index is 310. The van der Waals surface area contributed by atoms with Crippen LogP contribution in [0.15, 0.2) is 24.3 Å². The second kappa shape index (κ2) is 4.64. The van der Waals surface area contributed by atoms with Crippen molar-refractivity contribution in [3.05, 3.63) is 29.8 Å². The summed E-state index contributed by atoms with van der Waals surface area (Å²) < 4.78 is 0. The predicted molar refractivity (Wildman–Crippen MR) is 58.6 cm³/mol. The second-order valence-electron chi connectivity index (χ2n) is 4.24. The number of hydrogen-bond donors (Lipinski definition) is 2. The van der Waals surface area contributed by atoms with Crippen LogP contribution >= 0.6 is 0 Å². The van der Waals surface area contributed by atoms with Gasteiger partial charge in [-0.1, -0.05) is 12.1 Å². The van der Waals surface area contributed by atoms with E-state index in [-0.39, 0.29) is 0 Å². The van der Waals surface area contributed by atoms with Crippen molar-refractivity contribution in [2.45, 2.75) is 13.0 Å². The molecule has 1 saturated heterocycles. The highest BCUT2D eigenvalue weighted by Gasteiger charge is 2.21. The molecule has 2 N–H and O–H groups in total. The van der Waals surface area contributed by atoms with Gasteiger partial charge in [-0.2, -0.15) is 0 Å². The molecule has 0 saturated carbocycles. The lowest BCUT2D eigenvalue weighted by atomic mass is 10.1. The SMILES string of the molecule is OCC1CCN(Cc2ccc(O)cc2)C1. The van der Waals surface area contributed by atoms with Crippen LogP contribution in [0.3, 0.4) is 0 Å². The van der Waals surface area contributed by atoms with Crippen molar-refractivity contribution in [3.8, 4) is 5.75 Å². The van der Waals surface area contributed by atoms with Gasteiger partial charge in [0.2, 0.25) is 0 Å². The minimum absolute atomic E-state index is 0.298. The van der Waals surface area contributed by atoms with E-state index in [0.717, 1.165) is 26.1 Å². The van der Waals surface area contributed by atoms with E-state index in [4.69, 9.17) is 10.2 Å². The lowest BCUT2D eigenvalue weighted by Crippen LogP contribution is -2.20. The predicted octanol–water partition coefficient (Wildman–Crippen LogP) is 1.21. The number of aromatic hydroxyl groups is 1.